The van der Waals surface area contributed by atoms with Gasteiger partial charge in [0.1, 0.15) is 0 Å². The molecule has 1 saturated carbocycles. The van der Waals surface area contributed by atoms with Crippen LogP contribution in [0.25, 0.3) is 0 Å². The van der Waals surface area contributed by atoms with Gasteiger partial charge in [0.25, 0.3) is 0 Å². The van der Waals surface area contributed by atoms with Crippen LogP contribution in [-0.2, 0) is 4.79 Å². The van der Waals surface area contributed by atoms with Gasteiger partial charge in [-0.25, -0.2) is 14.8 Å². The number of halogens is 3. The van der Waals surface area contributed by atoms with Crippen LogP contribution in [0.2, 0.25) is 0 Å². The van der Waals surface area contributed by atoms with E-state index in [0.29, 0.717) is 11.4 Å². The van der Waals surface area contributed by atoms with E-state index in [4.69, 9.17) is 19.9 Å². The van der Waals surface area contributed by atoms with E-state index in [1.165, 1.54) is 31.8 Å². The Morgan fingerprint density at radius 1 is 1.15 bits per heavy atom. The summed E-state index contributed by atoms with van der Waals surface area (Å²) in [6.07, 6.45) is 0.662. The van der Waals surface area contributed by atoms with Gasteiger partial charge in [0.2, 0.25) is 5.95 Å². The van der Waals surface area contributed by atoms with Gasteiger partial charge in [-0.3, -0.25) is 4.90 Å². The van der Waals surface area contributed by atoms with E-state index in [2.05, 4.69) is 19.8 Å². The maximum Gasteiger partial charge on any atom is 0.491 e. The summed E-state index contributed by atoms with van der Waals surface area (Å²) in [5, 5.41) is 25.1. The lowest BCUT2D eigenvalue weighted by Crippen LogP contribution is -2.47. The molecule has 0 spiro atoms. The average molecular weight is 376 g/mol. The van der Waals surface area contributed by atoms with Crippen molar-refractivity contribution in [2.75, 3.05) is 37.6 Å². The Balaban J connectivity index is 0.000000298. The van der Waals surface area contributed by atoms with Gasteiger partial charge in [0.05, 0.1) is 0 Å². The predicted octanol–water partition coefficient (Wildman–Crippen LogP) is -0.678. The van der Waals surface area contributed by atoms with Gasteiger partial charge in [0, 0.05) is 50.6 Å². The minimum atomic E-state index is -5.08. The molecule has 1 aliphatic carbocycles. The van der Waals surface area contributed by atoms with E-state index in [9.17, 15) is 13.2 Å². The van der Waals surface area contributed by atoms with Crippen LogP contribution in [0.3, 0.4) is 0 Å². The van der Waals surface area contributed by atoms with Gasteiger partial charge in [-0.1, -0.05) is 0 Å². The normalized spacial score (nSPS) is 18.1. The molecule has 12 heteroatoms. The fourth-order valence-electron chi connectivity index (χ4n) is 2.42. The van der Waals surface area contributed by atoms with Crippen molar-refractivity contribution in [1.82, 2.24) is 14.9 Å². The molecule has 1 aromatic heterocycles. The number of nitrogens with zero attached hydrogens (tertiary/aromatic N) is 4. The number of anilines is 1. The summed E-state index contributed by atoms with van der Waals surface area (Å²) >= 11 is 0. The van der Waals surface area contributed by atoms with Crippen molar-refractivity contribution in [3.63, 3.8) is 0 Å². The van der Waals surface area contributed by atoms with Crippen molar-refractivity contribution in [1.29, 1.82) is 0 Å². The van der Waals surface area contributed by atoms with Gasteiger partial charge in [-0.15, -0.1) is 0 Å². The van der Waals surface area contributed by atoms with Gasteiger partial charge in [-0.05, 0) is 18.8 Å². The Hall–Kier alpha value is -1.92. The predicted molar refractivity (Wildman–Crippen MR) is 86.9 cm³/mol. The third-order valence-electron chi connectivity index (χ3n) is 4.07. The molecule has 0 radical (unpaired) electrons. The van der Waals surface area contributed by atoms with Crippen molar-refractivity contribution in [3.05, 3.63) is 12.4 Å². The van der Waals surface area contributed by atoms with Crippen molar-refractivity contribution in [2.45, 2.75) is 19.0 Å². The van der Waals surface area contributed by atoms with Crippen LogP contribution in [0.15, 0.2) is 12.4 Å². The standard InChI is InChI=1S/C12H19BN4O2.C2HF3O2/c18-13(19)11-7-14-12(15-8-11)17-5-3-16(4-6-17)9-10-1-2-10;3-2(4,5)1(6)7/h7-8,10,18-19H,1-6,9H2;(H,6,7). The van der Waals surface area contributed by atoms with Gasteiger partial charge < -0.3 is 20.1 Å². The molecule has 3 rings (SSSR count). The summed E-state index contributed by atoms with van der Waals surface area (Å²) in [6, 6.07) is 0. The Morgan fingerprint density at radius 3 is 2.04 bits per heavy atom. The number of carboxylic acid groups (broad SMARTS) is 1. The van der Waals surface area contributed by atoms with Crippen LogP contribution in [0.1, 0.15) is 12.8 Å². The van der Waals surface area contributed by atoms with Crippen LogP contribution in [0.5, 0.6) is 0 Å². The molecule has 3 N–H and O–H groups in total. The topological polar surface area (TPSA) is 110 Å². The fraction of sp³-hybridized carbons (Fsp3) is 0.643. The molecule has 2 aliphatic rings. The minimum Gasteiger partial charge on any atom is -0.475 e. The molecule has 0 atom stereocenters. The van der Waals surface area contributed by atoms with E-state index in [1.54, 1.807) is 0 Å². The highest BCUT2D eigenvalue weighted by atomic mass is 19.4. The summed E-state index contributed by atoms with van der Waals surface area (Å²) in [6.45, 7) is 5.24. The number of hydrogen-bond donors (Lipinski definition) is 3. The average Bonchev–Trinajstić information content (AvgIpc) is 3.39. The third-order valence-corrected chi connectivity index (χ3v) is 4.07. The quantitative estimate of drug-likeness (QED) is 0.594. The second kappa shape index (κ2) is 8.65. The summed E-state index contributed by atoms with van der Waals surface area (Å²) in [4.78, 5) is 22.0. The highest BCUT2D eigenvalue weighted by Gasteiger charge is 2.38. The smallest absolute Gasteiger partial charge is 0.475 e. The first kappa shape index (κ1) is 20.4. The van der Waals surface area contributed by atoms with Crippen molar-refractivity contribution >= 4 is 24.5 Å². The molecule has 2 fully saturated rings. The first-order valence-electron chi connectivity index (χ1n) is 8.12. The maximum absolute atomic E-state index is 10.6. The van der Waals surface area contributed by atoms with Crippen molar-refractivity contribution in [2.24, 2.45) is 5.92 Å². The molecule has 144 valence electrons. The molecule has 0 amide bonds. The van der Waals surface area contributed by atoms with E-state index >= 15 is 0 Å². The molecule has 2 heterocycles. The van der Waals surface area contributed by atoms with Crippen LogP contribution < -0.4 is 10.4 Å². The highest BCUT2D eigenvalue weighted by Crippen LogP contribution is 2.30. The molecule has 0 bridgehead atoms. The van der Waals surface area contributed by atoms with Gasteiger partial charge in [0.15, 0.2) is 0 Å². The number of carboxylic acids is 1. The van der Waals surface area contributed by atoms with Crippen molar-refractivity contribution < 1.29 is 33.1 Å². The number of aromatic nitrogens is 2. The van der Waals surface area contributed by atoms with E-state index < -0.39 is 19.3 Å². The second-order valence-corrected chi connectivity index (χ2v) is 6.22. The molecular formula is C14H20BF3N4O4. The van der Waals surface area contributed by atoms with Crippen molar-refractivity contribution in [3.8, 4) is 0 Å². The van der Waals surface area contributed by atoms with Gasteiger partial charge in [-0.2, -0.15) is 13.2 Å². The Kier molecular flexibility index (Phi) is 6.78. The van der Waals surface area contributed by atoms with Crippen LogP contribution in [0.4, 0.5) is 19.1 Å². The first-order valence-corrected chi connectivity index (χ1v) is 8.12. The highest BCUT2D eigenvalue weighted by molar-refractivity contribution is 6.58. The van der Waals surface area contributed by atoms with E-state index in [1.807, 2.05) is 0 Å². The van der Waals surface area contributed by atoms with Crippen LogP contribution in [-0.4, -0.2) is 82.0 Å². The summed E-state index contributed by atoms with van der Waals surface area (Å²) in [7, 11) is -1.50. The monoisotopic (exact) mass is 376 g/mol. The number of piperazine rings is 1. The lowest BCUT2D eigenvalue weighted by atomic mass is 9.83. The Bertz CT molecular complexity index is 591. The lowest BCUT2D eigenvalue weighted by Gasteiger charge is -2.34. The molecule has 1 aliphatic heterocycles. The van der Waals surface area contributed by atoms with Gasteiger partial charge >= 0.3 is 19.3 Å². The third kappa shape index (κ3) is 6.43. The molecule has 1 aromatic rings. The molecule has 0 aromatic carbocycles. The second-order valence-electron chi connectivity index (χ2n) is 6.22. The SMILES string of the molecule is O=C(O)C(F)(F)F.OB(O)c1cnc(N2CCN(CC3CC3)CC2)nc1. The molecular weight excluding hydrogens is 356 g/mol. The fourth-order valence-corrected chi connectivity index (χ4v) is 2.42. The van der Waals surface area contributed by atoms with Crippen LogP contribution >= 0.6 is 0 Å². The van der Waals surface area contributed by atoms with E-state index in [-0.39, 0.29) is 0 Å². The number of alkyl halides is 3. The first-order chi connectivity index (χ1) is 12.2. The summed E-state index contributed by atoms with van der Waals surface area (Å²) < 4.78 is 31.7. The number of aliphatic carboxylic acids is 1. The van der Waals surface area contributed by atoms with E-state index in [0.717, 1.165) is 32.1 Å². The number of hydrogen-bond acceptors (Lipinski definition) is 7. The summed E-state index contributed by atoms with van der Waals surface area (Å²) in [5.41, 5.74) is 0.330. The molecule has 1 saturated heterocycles. The largest absolute Gasteiger partial charge is 0.491 e. The number of rotatable bonds is 4. The summed E-state index contributed by atoms with van der Waals surface area (Å²) in [5.74, 6) is -1.14. The zero-order valence-electron chi connectivity index (χ0n) is 13.9. The number of carbonyl (C=O) groups is 1. The zero-order valence-corrected chi connectivity index (χ0v) is 13.9. The Labute approximate surface area is 148 Å². The Morgan fingerprint density at radius 2 is 1.65 bits per heavy atom. The molecule has 8 nitrogen and oxygen atoms in total. The minimum absolute atomic E-state index is 0.330. The zero-order chi connectivity index (χ0) is 19.3. The molecule has 26 heavy (non-hydrogen) atoms. The van der Waals surface area contributed by atoms with Crippen LogP contribution in [0, 0.1) is 5.92 Å². The molecule has 0 unspecified atom stereocenters. The lowest BCUT2D eigenvalue weighted by molar-refractivity contribution is -0.192. The maximum atomic E-state index is 10.6.